The molecular formula is C15H24N2O3. The molecule has 2 N–H and O–H groups in total. The molecule has 1 heterocycles. The number of likely N-dealkylation sites (N-methyl/N-ethyl adjacent to an activating group) is 1. The molecule has 0 bridgehead atoms. The molecule has 1 saturated heterocycles. The van der Waals surface area contributed by atoms with E-state index in [0.29, 0.717) is 12.6 Å². The zero-order valence-corrected chi connectivity index (χ0v) is 12.5. The number of benzene rings is 1. The van der Waals surface area contributed by atoms with E-state index in [1.807, 2.05) is 18.2 Å². The summed E-state index contributed by atoms with van der Waals surface area (Å²) >= 11 is 0. The summed E-state index contributed by atoms with van der Waals surface area (Å²) in [5.41, 5.74) is 7.07. The third-order valence-corrected chi connectivity index (χ3v) is 3.99. The summed E-state index contributed by atoms with van der Waals surface area (Å²) in [5, 5.41) is 0. The SMILES string of the molecule is COc1cccc(C(CN)N(C)C2CCOC2)c1OC. The van der Waals surface area contributed by atoms with Gasteiger partial charge in [-0.2, -0.15) is 0 Å². The summed E-state index contributed by atoms with van der Waals surface area (Å²) in [7, 11) is 5.40. The monoisotopic (exact) mass is 280 g/mol. The van der Waals surface area contributed by atoms with Crippen LogP contribution in [0.1, 0.15) is 18.0 Å². The molecule has 0 aromatic heterocycles. The van der Waals surface area contributed by atoms with Crippen molar-refractivity contribution in [3.63, 3.8) is 0 Å². The molecular weight excluding hydrogens is 256 g/mol. The molecule has 2 atom stereocenters. The first-order chi connectivity index (χ1) is 9.72. The Morgan fingerprint density at radius 3 is 2.75 bits per heavy atom. The highest BCUT2D eigenvalue weighted by molar-refractivity contribution is 5.48. The fourth-order valence-electron chi connectivity index (χ4n) is 2.78. The third kappa shape index (κ3) is 2.90. The van der Waals surface area contributed by atoms with E-state index >= 15 is 0 Å². The first-order valence-corrected chi connectivity index (χ1v) is 6.93. The van der Waals surface area contributed by atoms with Gasteiger partial charge in [0.15, 0.2) is 11.5 Å². The van der Waals surface area contributed by atoms with Crippen LogP contribution in [0.5, 0.6) is 11.5 Å². The minimum absolute atomic E-state index is 0.0896. The second-order valence-electron chi connectivity index (χ2n) is 5.02. The molecule has 20 heavy (non-hydrogen) atoms. The molecule has 0 aliphatic carbocycles. The maximum atomic E-state index is 6.01. The zero-order valence-electron chi connectivity index (χ0n) is 12.5. The lowest BCUT2D eigenvalue weighted by atomic mass is 10.0. The van der Waals surface area contributed by atoms with Gasteiger partial charge in [0.1, 0.15) is 0 Å². The van der Waals surface area contributed by atoms with Gasteiger partial charge in [-0.15, -0.1) is 0 Å². The van der Waals surface area contributed by atoms with E-state index in [9.17, 15) is 0 Å². The van der Waals surface area contributed by atoms with Crippen molar-refractivity contribution < 1.29 is 14.2 Å². The van der Waals surface area contributed by atoms with Gasteiger partial charge in [-0.1, -0.05) is 12.1 Å². The number of ether oxygens (including phenoxy) is 3. The Morgan fingerprint density at radius 1 is 1.40 bits per heavy atom. The summed E-state index contributed by atoms with van der Waals surface area (Å²) in [5.74, 6) is 1.50. The van der Waals surface area contributed by atoms with Crippen molar-refractivity contribution in [3.05, 3.63) is 23.8 Å². The Hall–Kier alpha value is -1.30. The highest BCUT2D eigenvalue weighted by Crippen LogP contribution is 2.37. The van der Waals surface area contributed by atoms with Crippen LogP contribution in [0.25, 0.3) is 0 Å². The van der Waals surface area contributed by atoms with Crippen LogP contribution in [0.15, 0.2) is 18.2 Å². The molecule has 1 aromatic rings. The number of methoxy groups -OCH3 is 2. The molecule has 0 saturated carbocycles. The Bertz CT molecular complexity index is 433. The molecule has 5 nitrogen and oxygen atoms in total. The lowest BCUT2D eigenvalue weighted by Gasteiger charge is -2.32. The third-order valence-electron chi connectivity index (χ3n) is 3.99. The quantitative estimate of drug-likeness (QED) is 0.854. The van der Waals surface area contributed by atoms with E-state index in [-0.39, 0.29) is 6.04 Å². The van der Waals surface area contributed by atoms with Gasteiger partial charge in [-0.05, 0) is 19.5 Å². The largest absolute Gasteiger partial charge is 0.493 e. The lowest BCUT2D eigenvalue weighted by molar-refractivity contribution is 0.133. The number of rotatable bonds is 6. The molecule has 2 unspecified atom stereocenters. The van der Waals surface area contributed by atoms with Crippen molar-refractivity contribution >= 4 is 0 Å². The molecule has 2 rings (SSSR count). The number of para-hydroxylation sites is 1. The van der Waals surface area contributed by atoms with E-state index in [2.05, 4.69) is 11.9 Å². The van der Waals surface area contributed by atoms with Crippen LogP contribution in [0.3, 0.4) is 0 Å². The minimum atomic E-state index is 0.0896. The average molecular weight is 280 g/mol. The highest BCUT2D eigenvalue weighted by Gasteiger charge is 2.29. The van der Waals surface area contributed by atoms with E-state index in [4.69, 9.17) is 19.9 Å². The van der Waals surface area contributed by atoms with Crippen molar-refractivity contribution in [2.24, 2.45) is 5.73 Å². The number of hydrogen-bond donors (Lipinski definition) is 1. The maximum Gasteiger partial charge on any atom is 0.165 e. The van der Waals surface area contributed by atoms with Gasteiger partial charge in [-0.25, -0.2) is 0 Å². The predicted octanol–water partition coefficient (Wildman–Crippen LogP) is 1.42. The fraction of sp³-hybridized carbons (Fsp3) is 0.600. The van der Waals surface area contributed by atoms with E-state index in [0.717, 1.165) is 36.7 Å². The standard InChI is InChI=1S/C15H24N2O3/c1-17(11-7-8-20-10-11)13(9-16)12-5-4-6-14(18-2)15(12)19-3/h4-6,11,13H,7-10,16H2,1-3H3. The second-order valence-corrected chi connectivity index (χ2v) is 5.02. The number of hydrogen-bond acceptors (Lipinski definition) is 5. The topological polar surface area (TPSA) is 57.0 Å². The Labute approximate surface area is 120 Å². The van der Waals surface area contributed by atoms with E-state index in [1.54, 1.807) is 14.2 Å². The molecule has 1 fully saturated rings. The first-order valence-electron chi connectivity index (χ1n) is 6.93. The van der Waals surface area contributed by atoms with E-state index < -0.39 is 0 Å². The molecule has 0 spiro atoms. The highest BCUT2D eigenvalue weighted by atomic mass is 16.5. The van der Waals surface area contributed by atoms with Gasteiger partial charge >= 0.3 is 0 Å². The van der Waals surface area contributed by atoms with Crippen molar-refractivity contribution in [3.8, 4) is 11.5 Å². The van der Waals surface area contributed by atoms with Crippen LogP contribution >= 0.6 is 0 Å². The van der Waals surface area contributed by atoms with Gasteiger partial charge < -0.3 is 19.9 Å². The molecule has 0 radical (unpaired) electrons. The molecule has 112 valence electrons. The van der Waals surface area contributed by atoms with Crippen LogP contribution in [0.4, 0.5) is 0 Å². The zero-order chi connectivity index (χ0) is 14.5. The van der Waals surface area contributed by atoms with Crippen LogP contribution in [0.2, 0.25) is 0 Å². The molecule has 1 aliphatic rings. The first kappa shape index (κ1) is 15.1. The maximum absolute atomic E-state index is 6.01. The van der Waals surface area contributed by atoms with Crippen LogP contribution in [-0.2, 0) is 4.74 Å². The van der Waals surface area contributed by atoms with Gasteiger partial charge in [-0.3, -0.25) is 4.90 Å². The summed E-state index contributed by atoms with van der Waals surface area (Å²) in [6.07, 6.45) is 1.04. The van der Waals surface area contributed by atoms with E-state index in [1.165, 1.54) is 0 Å². The molecule has 0 amide bonds. The normalized spacial score (nSPS) is 20.1. The number of nitrogens with two attached hydrogens (primary N) is 1. The average Bonchev–Trinajstić information content (AvgIpc) is 3.01. The Kier molecular flexibility index (Phi) is 5.23. The van der Waals surface area contributed by atoms with Crippen LogP contribution in [-0.4, -0.2) is 52.0 Å². The van der Waals surface area contributed by atoms with Crippen LogP contribution < -0.4 is 15.2 Å². The minimum Gasteiger partial charge on any atom is -0.493 e. The molecule has 1 aromatic carbocycles. The Balaban J connectivity index is 2.30. The van der Waals surface area contributed by atoms with Crippen molar-refractivity contribution in [2.45, 2.75) is 18.5 Å². The van der Waals surface area contributed by atoms with Crippen molar-refractivity contribution in [2.75, 3.05) is 41.0 Å². The van der Waals surface area contributed by atoms with Gasteiger partial charge in [0.25, 0.3) is 0 Å². The number of nitrogens with zero attached hydrogens (tertiary/aromatic N) is 1. The predicted molar refractivity (Wildman–Crippen MR) is 78.3 cm³/mol. The summed E-state index contributed by atoms with van der Waals surface area (Å²) < 4.78 is 16.4. The van der Waals surface area contributed by atoms with Gasteiger partial charge in [0, 0.05) is 24.8 Å². The van der Waals surface area contributed by atoms with Crippen molar-refractivity contribution in [1.29, 1.82) is 0 Å². The fourth-order valence-corrected chi connectivity index (χ4v) is 2.78. The summed E-state index contributed by atoms with van der Waals surface area (Å²) in [6.45, 7) is 2.11. The summed E-state index contributed by atoms with van der Waals surface area (Å²) in [4.78, 5) is 2.28. The lowest BCUT2D eigenvalue weighted by Crippen LogP contribution is -2.39. The van der Waals surface area contributed by atoms with Gasteiger partial charge in [0.05, 0.1) is 26.9 Å². The smallest absolute Gasteiger partial charge is 0.165 e. The van der Waals surface area contributed by atoms with Crippen LogP contribution in [0, 0.1) is 0 Å². The molecule has 1 aliphatic heterocycles. The van der Waals surface area contributed by atoms with Gasteiger partial charge in [0.2, 0.25) is 0 Å². The second kappa shape index (κ2) is 6.92. The Morgan fingerprint density at radius 2 is 2.20 bits per heavy atom. The summed E-state index contributed by atoms with van der Waals surface area (Å²) in [6, 6.07) is 6.41. The molecule has 5 heteroatoms. The van der Waals surface area contributed by atoms with Crippen molar-refractivity contribution in [1.82, 2.24) is 4.90 Å².